The molecule has 128 valence electrons. The third-order valence-corrected chi connectivity index (χ3v) is 3.98. The molecule has 1 amide bonds. The smallest absolute Gasteiger partial charge is 0.276 e. The van der Waals surface area contributed by atoms with Crippen LogP contribution in [-0.4, -0.2) is 49.7 Å². The molecule has 0 spiro atoms. The van der Waals surface area contributed by atoms with Crippen LogP contribution < -0.4 is 0 Å². The van der Waals surface area contributed by atoms with Crippen molar-refractivity contribution in [3.8, 4) is 11.3 Å². The summed E-state index contributed by atoms with van der Waals surface area (Å²) in [5.41, 5.74) is 1.01. The first-order valence-corrected chi connectivity index (χ1v) is 7.82. The van der Waals surface area contributed by atoms with Gasteiger partial charge in [-0.1, -0.05) is 5.16 Å². The quantitative estimate of drug-likeness (QED) is 0.767. The average molecular weight is 340 g/mol. The number of oxazole rings is 1. The molecule has 0 saturated carbocycles. The molecule has 0 aliphatic carbocycles. The van der Waals surface area contributed by atoms with Crippen LogP contribution >= 0.6 is 0 Å². The number of hydrogen-bond acceptors (Lipinski definition) is 7. The maximum Gasteiger partial charge on any atom is 0.276 e. The normalized spacial score (nSPS) is 15.8. The molecular weight excluding hydrogens is 324 g/mol. The molecule has 8 nitrogen and oxygen atoms in total. The summed E-state index contributed by atoms with van der Waals surface area (Å²) in [6.07, 6.45) is 4.99. The minimum atomic E-state index is -0.814. The van der Waals surface area contributed by atoms with Gasteiger partial charge in [-0.15, -0.1) is 0 Å². The van der Waals surface area contributed by atoms with Crippen LogP contribution in [0.5, 0.6) is 0 Å². The highest BCUT2D eigenvalue weighted by Crippen LogP contribution is 2.23. The Morgan fingerprint density at radius 3 is 2.84 bits per heavy atom. The van der Waals surface area contributed by atoms with Gasteiger partial charge in [-0.3, -0.25) is 9.78 Å². The predicted octanol–water partition coefficient (Wildman–Crippen LogP) is 1.52. The van der Waals surface area contributed by atoms with Crippen molar-refractivity contribution in [2.75, 3.05) is 13.1 Å². The van der Waals surface area contributed by atoms with E-state index in [0.717, 1.165) is 5.56 Å². The number of pyridine rings is 1. The van der Waals surface area contributed by atoms with Crippen LogP contribution in [0.1, 0.15) is 29.1 Å². The molecule has 1 fully saturated rings. The Hall–Kier alpha value is -3.00. The summed E-state index contributed by atoms with van der Waals surface area (Å²) >= 11 is 0. The summed E-state index contributed by atoms with van der Waals surface area (Å²) in [4.78, 5) is 21.9. The van der Waals surface area contributed by atoms with Crippen LogP contribution in [0.4, 0.5) is 0 Å². The van der Waals surface area contributed by atoms with Crippen LogP contribution in [0.25, 0.3) is 11.3 Å². The molecule has 0 atom stereocenters. The fraction of sp³-hybridized carbons (Fsp3) is 0.294. The van der Waals surface area contributed by atoms with E-state index < -0.39 is 5.60 Å². The van der Waals surface area contributed by atoms with E-state index in [1.165, 1.54) is 11.2 Å². The fourth-order valence-corrected chi connectivity index (χ4v) is 2.78. The van der Waals surface area contributed by atoms with E-state index in [4.69, 9.17) is 8.94 Å². The number of hydrogen-bond donors (Lipinski definition) is 1. The second-order valence-electron chi connectivity index (χ2n) is 6.38. The van der Waals surface area contributed by atoms with E-state index in [-0.39, 0.29) is 11.6 Å². The van der Waals surface area contributed by atoms with Crippen LogP contribution in [0, 0.1) is 0 Å². The number of aliphatic hydroxyl groups is 1. The average Bonchev–Trinajstić information content (AvgIpc) is 3.23. The second kappa shape index (κ2) is 5.82. The Morgan fingerprint density at radius 1 is 1.36 bits per heavy atom. The highest BCUT2D eigenvalue weighted by Gasteiger charge is 2.40. The standard InChI is InChI=1S/C17H16N4O4/c1-17(23)9-21(10-17)16(22)14-8-24-15(19-14)7-12-6-13(20-25-12)11-2-4-18-5-3-11/h2-6,8,23H,7,9-10H2,1H3. The lowest BCUT2D eigenvalue weighted by atomic mass is 9.97. The molecule has 0 bridgehead atoms. The molecule has 3 aromatic heterocycles. The number of aromatic nitrogens is 3. The summed E-state index contributed by atoms with van der Waals surface area (Å²) in [7, 11) is 0. The zero-order chi connectivity index (χ0) is 17.4. The predicted molar refractivity (Wildman–Crippen MR) is 85.6 cm³/mol. The van der Waals surface area contributed by atoms with Crippen LogP contribution in [0.15, 0.2) is 45.8 Å². The fourth-order valence-electron chi connectivity index (χ4n) is 2.78. The van der Waals surface area contributed by atoms with Crippen molar-refractivity contribution in [1.82, 2.24) is 20.0 Å². The number of carbonyl (C=O) groups excluding carboxylic acids is 1. The Kier molecular flexibility index (Phi) is 3.61. The summed E-state index contributed by atoms with van der Waals surface area (Å²) in [5.74, 6) is 0.698. The molecule has 4 rings (SSSR count). The highest BCUT2D eigenvalue weighted by molar-refractivity contribution is 5.92. The van der Waals surface area contributed by atoms with Gasteiger partial charge in [-0.05, 0) is 19.1 Å². The van der Waals surface area contributed by atoms with Crippen molar-refractivity contribution >= 4 is 5.91 Å². The number of carbonyl (C=O) groups is 1. The zero-order valence-electron chi connectivity index (χ0n) is 13.5. The minimum absolute atomic E-state index is 0.222. The molecule has 8 heteroatoms. The monoisotopic (exact) mass is 340 g/mol. The largest absolute Gasteiger partial charge is 0.448 e. The van der Waals surface area contributed by atoms with Crippen LogP contribution in [-0.2, 0) is 6.42 Å². The molecule has 4 heterocycles. The van der Waals surface area contributed by atoms with E-state index in [0.29, 0.717) is 36.9 Å². The third-order valence-electron chi connectivity index (χ3n) is 3.98. The first-order chi connectivity index (χ1) is 12.0. The van der Waals surface area contributed by atoms with Crippen molar-refractivity contribution in [1.29, 1.82) is 0 Å². The first kappa shape index (κ1) is 15.5. The molecule has 0 aromatic carbocycles. The maximum absolute atomic E-state index is 12.2. The van der Waals surface area contributed by atoms with Gasteiger partial charge in [0.1, 0.15) is 17.7 Å². The zero-order valence-corrected chi connectivity index (χ0v) is 13.5. The number of rotatable bonds is 4. The molecular formula is C17H16N4O4. The first-order valence-electron chi connectivity index (χ1n) is 7.82. The van der Waals surface area contributed by atoms with Crippen molar-refractivity contribution in [2.24, 2.45) is 0 Å². The summed E-state index contributed by atoms with van der Waals surface area (Å²) in [6.45, 7) is 2.28. The van der Waals surface area contributed by atoms with Crippen LogP contribution in [0.2, 0.25) is 0 Å². The minimum Gasteiger partial charge on any atom is -0.448 e. The van der Waals surface area contributed by atoms with Gasteiger partial charge in [-0.2, -0.15) is 0 Å². The van der Waals surface area contributed by atoms with Crippen molar-refractivity contribution in [2.45, 2.75) is 18.9 Å². The number of β-amino-alcohol motifs (C(OH)–C–C–N with tert-alkyl or cyclic N) is 1. The number of likely N-dealkylation sites (tertiary alicyclic amines) is 1. The molecule has 1 aliphatic heterocycles. The van der Waals surface area contributed by atoms with E-state index in [1.54, 1.807) is 25.4 Å². The Balaban J connectivity index is 1.43. The van der Waals surface area contributed by atoms with Gasteiger partial charge in [0, 0.05) is 24.0 Å². The summed E-state index contributed by atoms with van der Waals surface area (Å²) in [5, 5.41) is 13.7. The van der Waals surface area contributed by atoms with E-state index in [2.05, 4.69) is 15.1 Å². The van der Waals surface area contributed by atoms with E-state index in [9.17, 15) is 9.90 Å². The SMILES string of the molecule is CC1(O)CN(C(=O)c2coc(Cc3cc(-c4ccncc4)no3)n2)C1. The van der Waals surface area contributed by atoms with Gasteiger partial charge in [0.15, 0.2) is 5.69 Å². The second-order valence-corrected chi connectivity index (χ2v) is 6.38. The molecule has 3 aromatic rings. The molecule has 25 heavy (non-hydrogen) atoms. The van der Waals surface area contributed by atoms with E-state index in [1.807, 2.05) is 12.1 Å². The maximum atomic E-state index is 12.2. The van der Waals surface area contributed by atoms with Gasteiger partial charge >= 0.3 is 0 Å². The summed E-state index contributed by atoms with van der Waals surface area (Å²) < 4.78 is 10.7. The Morgan fingerprint density at radius 2 is 2.12 bits per heavy atom. The highest BCUT2D eigenvalue weighted by atomic mass is 16.5. The summed E-state index contributed by atoms with van der Waals surface area (Å²) in [6, 6.07) is 5.48. The van der Waals surface area contributed by atoms with Gasteiger partial charge in [0.05, 0.1) is 25.1 Å². The van der Waals surface area contributed by atoms with Gasteiger partial charge in [-0.25, -0.2) is 4.98 Å². The molecule has 0 radical (unpaired) electrons. The molecule has 1 saturated heterocycles. The van der Waals surface area contributed by atoms with Gasteiger partial charge < -0.3 is 18.9 Å². The lowest BCUT2D eigenvalue weighted by Gasteiger charge is -2.43. The van der Waals surface area contributed by atoms with E-state index >= 15 is 0 Å². The topological polar surface area (TPSA) is 105 Å². The number of nitrogens with zero attached hydrogens (tertiary/aromatic N) is 4. The number of amides is 1. The van der Waals surface area contributed by atoms with Gasteiger partial charge in [0.2, 0.25) is 5.89 Å². The third kappa shape index (κ3) is 3.16. The van der Waals surface area contributed by atoms with Crippen LogP contribution in [0.3, 0.4) is 0 Å². The Bertz CT molecular complexity index is 892. The van der Waals surface area contributed by atoms with Crippen molar-refractivity contribution in [3.05, 3.63) is 54.2 Å². The molecule has 1 aliphatic rings. The van der Waals surface area contributed by atoms with Crippen molar-refractivity contribution in [3.63, 3.8) is 0 Å². The molecule has 0 unspecified atom stereocenters. The van der Waals surface area contributed by atoms with Crippen molar-refractivity contribution < 1.29 is 18.8 Å². The Labute approximate surface area is 143 Å². The molecule has 1 N–H and O–H groups in total. The van der Waals surface area contributed by atoms with Gasteiger partial charge in [0.25, 0.3) is 5.91 Å². The lowest BCUT2D eigenvalue weighted by molar-refractivity contribution is -0.0670. The lowest BCUT2D eigenvalue weighted by Crippen LogP contribution is -2.61.